The van der Waals surface area contributed by atoms with E-state index in [0.29, 0.717) is 30.6 Å². The van der Waals surface area contributed by atoms with Crippen molar-refractivity contribution in [2.75, 3.05) is 37.6 Å². The van der Waals surface area contributed by atoms with Crippen LogP contribution >= 0.6 is 0 Å². The summed E-state index contributed by atoms with van der Waals surface area (Å²) in [5.41, 5.74) is 4.03. The Morgan fingerprint density at radius 2 is 1.64 bits per heavy atom. The molecule has 0 unspecified atom stereocenters. The minimum Gasteiger partial charge on any atom is -0.352 e. The zero-order valence-corrected chi connectivity index (χ0v) is 24.7. The first-order valence-electron chi connectivity index (χ1n) is 14.9. The minimum atomic E-state index is -0.189. The smallest absolute Gasteiger partial charge is 0.251 e. The fraction of sp³-hybridized carbons (Fsp3) is 0.576. The van der Waals surface area contributed by atoms with Crippen molar-refractivity contribution >= 4 is 17.5 Å². The van der Waals surface area contributed by atoms with Crippen LogP contribution in [0.15, 0.2) is 36.4 Å². The summed E-state index contributed by atoms with van der Waals surface area (Å²) in [6.07, 6.45) is 7.10. The van der Waals surface area contributed by atoms with Gasteiger partial charge in [-0.05, 0) is 106 Å². The van der Waals surface area contributed by atoms with Crippen molar-refractivity contribution < 1.29 is 14.0 Å². The third kappa shape index (κ3) is 8.63. The van der Waals surface area contributed by atoms with Crippen molar-refractivity contribution in [2.45, 2.75) is 79.6 Å². The number of halogens is 1. The molecule has 0 saturated carbocycles. The summed E-state index contributed by atoms with van der Waals surface area (Å²) in [6.45, 7) is 14.8. The van der Waals surface area contributed by atoms with Gasteiger partial charge < -0.3 is 15.1 Å². The number of anilines is 1. The lowest BCUT2D eigenvalue weighted by Crippen LogP contribution is -2.46. The maximum atomic E-state index is 14.3. The number of nitrogens with one attached hydrogen (secondary N) is 1. The highest BCUT2D eigenvalue weighted by molar-refractivity contribution is 5.99. The van der Waals surface area contributed by atoms with Crippen LogP contribution in [0.25, 0.3) is 0 Å². The summed E-state index contributed by atoms with van der Waals surface area (Å²) < 4.78 is 14.3. The maximum Gasteiger partial charge on any atom is 0.251 e. The Hall–Kier alpha value is -2.73. The van der Waals surface area contributed by atoms with Gasteiger partial charge in [-0.25, -0.2) is 4.39 Å². The second-order valence-electron chi connectivity index (χ2n) is 11.4. The number of aryl methyl sites for hydroxylation is 2. The van der Waals surface area contributed by atoms with Gasteiger partial charge in [0.15, 0.2) is 0 Å². The molecule has 0 aromatic heterocycles. The lowest BCUT2D eigenvalue weighted by atomic mass is 9.84. The van der Waals surface area contributed by atoms with E-state index in [2.05, 4.69) is 24.1 Å². The average Bonchev–Trinajstić information content (AvgIpc) is 2.91. The van der Waals surface area contributed by atoms with Crippen molar-refractivity contribution in [1.29, 1.82) is 0 Å². The third-order valence-corrected chi connectivity index (χ3v) is 7.90. The number of unbranched alkanes of at least 4 members (excludes halogenated alkanes) is 2. The molecule has 39 heavy (non-hydrogen) atoms. The number of rotatable bonds is 14. The molecule has 2 atom stereocenters. The van der Waals surface area contributed by atoms with Crippen LogP contribution in [0.1, 0.15) is 86.3 Å². The number of amides is 2. The van der Waals surface area contributed by atoms with Gasteiger partial charge in [0, 0.05) is 30.3 Å². The Bertz CT molecular complexity index is 1070. The van der Waals surface area contributed by atoms with Crippen molar-refractivity contribution in [3.8, 4) is 0 Å². The molecule has 1 heterocycles. The predicted molar refractivity (Wildman–Crippen MR) is 159 cm³/mol. The number of hydrogen-bond donors (Lipinski definition) is 1. The molecule has 214 valence electrons. The fourth-order valence-corrected chi connectivity index (χ4v) is 5.83. The molecule has 1 saturated heterocycles. The van der Waals surface area contributed by atoms with E-state index in [4.69, 9.17) is 0 Å². The quantitative estimate of drug-likeness (QED) is 0.273. The van der Waals surface area contributed by atoms with Crippen molar-refractivity contribution in [1.82, 2.24) is 10.2 Å². The number of carbonyl (C=O) groups is 2. The largest absolute Gasteiger partial charge is 0.352 e. The summed E-state index contributed by atoms with van der Waals surface area (Å²) in [5.74, 6) is -0.126. The van der Waals surface area contributed by atoms with Gasteiger partial charge in [-0.3, -0.25) is 9.59 Å². The van der Waals surface area contributed by atoms with E-state index in [-0.39, 0.29) is 29.5 Å². The van der Waals surface area contributed by atoms with E-state index in [0.717, 1.165) is 49.3 Å². The maximum absolute atomic E-state index is 14.3. The highest BCUT2D eigenvalue weighted by atomic mass is 19.1. The van der Waals surface area contributed by atoms with Crippen LogP contribution in [-0.4, -0.2) is 49.4 Å². The highest BCUT2D eigenvalue weighted by Crippen LogP contribution is 2.34. The third-order valence-electron chi connectivity index (χ3n) is 7.90. The zero-order valence-electron chi connectivity index (χ0n) is 24.7. The van der Waals surface area contributed by atoms with Gasteiger partial charge in [0.2, 0.25) is 5.91 Å². The van der Waals surface area contributed by atoms with Crippen molar-refractivity contribution in [3.63, 3.8) is 0 Å². The average molecular weight is 538 g/mol. The number of piperidine rings is 1. The van der Waals surface area contributed by atoms with Crippen molar-refractivity contribution in [3.05, 3.63) is 64.5 Å². The van der Waals surface area contributed by atoms with E-state index in [9.17, 15) is 14.0 Å². The molecule has 2 aromatic rings. The van der Waals surface area contributed by atoms with Gasteiger partial charge in [0.25, 0.3) is 5.91 Å². The minimum absolute atomic E-state index is 0.0721. The Kier molecular flexibility index (Phi) is 12.0. The van der Waals surface area contributed by atoms with Crippen molar-refractivity contribution in [2.24, 2.45) is 11.8 Å². The second kappa shape index (κ2) is 15.2. The Balaban J connectivity index is 1.64. The van der Waals surface area contributed by atoms with Crippen LogP contribution in [0.5, 0.6) is 0 Å². The summed E-state index contributed by atoms with van der Waals surface area (Å²) in [7, 11) is 0. The molecule has 0 aliphatic carbocycles. The molecule has 0 spiro atoms. The van der Waals surface area contributed by atoms with Crippen LogP contribution in [0, 0.1) is 31.5 Å². The molecule has 2 aromatic carbocycles. The van der Waals surface area contributed by atoms with E-state index in [1.165, 1.54) is 31.7 Å². The number of hydrogen-bond acceptors (Lipinski definition) is 3. The van der Waals surface area contributed by atoms with Gasteiger partial charge in [-0.1, -0.05) is 51.8 Å². The van der Waals surface area contributed by atoms with Crippen LogP contribution in [-0.2, 0) is 11.2 Å². The van der Waals surface area contributed by atoms with Crippen LogP contribution < -0.4 is 10.2 Å². The van der Waals surface area contributed by atoms with Gasteiger partial charge in [0.05, 0.1) is 0 Å². The summed E-state index contributed by atoms with van der Waals surface area (Å²) in [5, 5.41) is 3.09. The summed E-state index contributed by atoms with van der Waals surface area (Å²) in [6, 6.07) is 10.7. The van der Waals surface area contributed by atoms with Gasteiger partial charge >= 0.3 is 0 Å². The predicted octanol–water partition coefficient (Wildman–Crippen LogP) is 6.70. The molecular formula is C33H48FN3O2. The van der Waals surface area contributed by atoms with E-state index in [1.54, 1.807) is 6.07 Å². The highest BCUT2D eigenvalue weighted by Gasteiger charge is 2.34. The molecule has 3 rings (SSSR count). The fourth-order valence-electron chi connectivity index (χ4n) is 5.83. The first-order chi connectivity index (χ1) is 18.7. The van der Waals surface area contributed by atoms with Gasteiger partial charge in [-0.2, -0.15) is 0 Å². The molecule has 1 fully saturated rings. The standard InChI is InChI=1S/C33H48FN3O2/c1-6-8-16-36(17-9-7-2)18-12-15-35-32(38)29-20-24(3)31(25(4)21-29)37-23-27(19-26(5)33(37)39)22-28-13-10-11-14-30(28)34/h10-11,13-14,20-21,26-27H,6-9,12,15-19,22-23H2,1-5H3,(H,35,38)/t26-,27-/m1/s1. The SMILES string of the molecule is CCCCN(CCCC)CCCNC(=O)c1cc(C)c(N2C[C@@H](Cc3ccccc3F)C[C@@H](C)C2=O)c(C)c1. The molecule has 0 bridgehead atoms. The normalized spacial score (nSPS) is 17.6. The zero-order chi connectivity index (χ0) is 28.4. The Morgan fingerprint density at radius 3 is 2.26 bits per heavy atom. The lowest BCUT2D eigenvalue weighted by Gasteiger charge is -2.38. The molecular weight excluding hydrogens is 489 g/mol. The van der Waals surface area contributed by atoms with Crippen LogP contribution in [0.2, 0.25) is 0 Å². The second-order valence-corrected chi connectivity index (χ2v) is 11.4. The van der Waals surface area contributed by atoms with E-state index < -0.39 is 0 Å². The first-order valence-corrected chi connectivity index (χ1v) is 14.9. The molecule has 1 N–H and O–H groups in total. The topological polar surface area (TPSA) is 52.7 Å². The molecule has 0 radical (unpaired) electrons. The van der Waals surface area contributed by atoms with Crippen LogP contribution in [0.4, 0.5) is 10.1 Å². The molecule has 2 amide bonds. The first kappa shape index (κ1) is 30.8. The Labute approximate surface area is 235 Å². The monoisotopic (exact) mass is 537 g/mol. The Morgan fingerprint density at radius 1 is 1.03 bits per heavy atom. The lowest BCUT2D eigenvalue weighted by molar-refractivity contribution is -0.124. The number of nitrogens with zero attached hydrogens (tertiary/aromatic N) is 2. The number of carbonyl (C=O) groups excluding carboxylic acids is 2. The molecule has 6 heteroatoms. The molecule has 1 aliphatic heterocycles. The van der Waals surface area contributed by atoms with Crippen LogP contribution in [0.3, 0.4) is 0 Å². The van der Waals surface area contributed by atoms with E-state index in [1.807, 2.05) is 49.9 Å². The summed E-state index contributed by atoms with van der Waals surface area (Å²) in [4.78, 5) is 30.6. The summed E-state index contributed by atoms with van der Waals surface area (Å²) >= 11 is 0. The number of benzene rings is 2. The molecule has 5 nitrogen and oxygen atoms in total. The van der Waals surface area contributed by atoms with Gasteiger partial charge in [0.1, 0.15) is 5.82 Å². The van der Waals surface area contributed by atoms with E-state index >= 15 is 0 Å². The van der Waals surface area contributed by atoms with Gasteiger partial charge in [-0.15, -0.1) is 0 Å². The molecule has 1 aliphatic rings.